The molecule has 2 atom stereocenters. The maximum atomic E-state index is 12.8. The lowest BCUT2D eigenvalue weighted by Crippen LogP contribution is -2.36. The van der Waals surface area contributed by atoms with Gasteiger partial charge < -0.3 is 10.6 Å². The third-order valence-corrected chi connectivity index (χ3v) is 5.55. The summed E-state index contributed by atoms with van der Waals surface area (Å²) in [5, 5.41) is 11.2. The van der Waals surface area contributed by atoms with E-state index in [9.17, 15) is 4.79 Å². The molecule has 140 valence electrons. The lowest BCUT2D eigenvalue weighted by molar-refractivity contribution is 0.0894. The van der Waals surface area contributed by atoms with Gasteiger partial charge in [0.25, 0.3) is 5.91 Å². The number of hydrogen-bond acceptors (Lipinski definition) is 3. The predicted molar refractivity (Wildman–Crippen MR) is 105 cm³/mol. The molecule has 0 spiro atoms. The number of carbonyl (C=O) groups excluding carboxylic acids is 1. The van der Waals surface area contributed by atoms with Crippen molar-refractivity contribution >= 4 is 18.3 Å². The van der Waals surface area contributed by atoms with Crippen LogP contribution in [0.3, 0.4) is 0 Å². The number of halogens is 1. The number of hydrogen-bond donors (Lipinski definition) is 2. The van der Waals surface area contributed by atoms with Gasteiger partial charge in [0.2, 0.25) is 0 Å². The first kappa shape index (κ1) is 18.9. The number of rotatable bonds is 5. The zero-order chi connectivity index (χ0) is 17.1. The third kappa shape index (κ3) is 4.10. The fourth-order valence-electron chi connectivity index (χ4n) is 3.84. The smallest absolute Gasteiger partial charge is 0.272 e. The fraction of sp³-hybridized carbons (Fsp3) is 0.500. The summed E-state index contributed by atoms with van der Waals surface area (Å²) in [6.07, 6.45) is 7.83. The van der Waals surface area contributed by atoms with Gasteiger partial charge in [-0.3, -0.25) is 9.48 Å². The first-order valence-corrected chi connectivity index (χ1v) is 9.43. The molecule has 26 heavy (non-hydrogen) atoms. The van der Waals surface area contributed by atoms with Crippen molar-refractivity contribution < 1.29 is 4.79 Å². The SMILES string of the molecule is Cl.O=C(NC(c1ccccc1)C1CCC1)c1ccn(C2CCCNC2)n1. The average Bonchev–Trinajstić information content (AvgIpc) is 3.11. The molecule has 5 nitrogen and oxygen atoms in total. The number of nitrogens with zero attached hydrogens (tertiary/aromatic N) is 2. The molecular formula is C20H27ClN4O. The van der Waals surface area contributed by atoms with Gasteiger partial charge in [-0.15, -0.1) is 12.4 Å². The molecule has 1 aromatic carbocycles. The molecule has 1 amide bonds. The summed E-state index contributed by atoms with van der Waals surface area (Å²) in [4.78, 5) is 12.8. The summed E-state index contributed by atoms with van der Waals surface area (Å²) in [5.41, 5.74) is 1.71. The Morgan fingerprint density at radius 2 is 1.96 bits per heavy atom. The van der Waals surface area contributed by atoms with Gasteiger partial charge in [-0.25, -0.2) is 0 Å². The largest absolute Gasteiger partial charge is 0.344 e. The average molecular weight is 375 g/mol. The van der Waals surface area contributed by atoms with Crippen LogP contribution in [0.5, 0.6) is 0 Å². The standard InChI is InChI=1S/C20H26N4O.ClH/c25-20(18-11-13-24(23-18)17-10-5-12-21-14-17)22-19(16-8-4-9-16)15-6-2-1-3-7-15;/h1-3,6-7,11,13,16-17,19,21H,4-5,8-10,12,14H2,(H,22,25);1H. The van der Waals surface area contributed by atoms with Crippen molar-refractivity contribution in [2.75, 3.05) is 13.1 Å². The maximum absolute atomic E-state index is 12.8. The highest BCUT2D eigenvalue weighted by atomic mass is 35.5. The van der Waals surface area contributed by atoms with E-state index in [4.69, 9.17) is 0 Å². The second-order valence-electron chi connectivity index (χ2n) is 7.23. The predicted octanol–water partition coefficient (Wildman–Crippen LogP) is 3.50. The first-order valence-electron chi connectivity index (χ1n) is 9.43. The molecular weight excluding hydrogens is 348 g/mol. The van der Waals surface area contributed by atoms with Crippen LogP contribution in [0.1, 0.15) is 60.2 Å². The second kappa shape index (κ2) is 8.69. The number of carbonyl (C=O) groups is 1. The topological polar surface area (TPSA) is 59.0 Å². The van der Waals surface area contributed by atoms with Gasteiger partial charge in [0.05, 0.1) is 12.1 Å². The minimum absolute atomic E-state index is 0. The van der Waals surface area contributed by atoms with E-state index < -0.39 is 0 Å². The zero-order valence-electron chi connectivity index (χ0n) is 14.9. The summed E-state index contributed by atoms with van der Waals surface area (Å²) in [7, 11) is 0. The first-order chi connectivity index (χ1) is 12.3. The van der Waals surface area contributed by atoms with Crippen molar-refractivity contribution in [2.45, 2.75) is 44.2 Å². The molecule has 2 aromatic rings. The Kier molecular flexibility index (Phi) is 6.33. The summed E-state index contributed by atoms with van der Waals surface area (Å²) in [5.74, 6) is 0.472. The van der Waals surface area contributed by atoms with Crippen LogP contribution in [0, 0.1) is 5.92 Å². The van der Waals surface area contributed by atoms with Crippen molar-refractivity contribution in [2.24, 2.45) is 5.92 Å². The molecule has 2 aliphatic rings. The van der Waals surface area contributed by atoms with Crippen LogP contribution in [-0.4, -0.2) is 28.8 Å². The Balaban J connectivity index is 0.00000196. The van der Waals surface area contributed by atoms with Gasteiger partial charge in [0.15, 0.2) is 0 Å². The normalized spacial score (nSPS) is 21.3. The molecule has 6 heteroatoms. The Hall–Kier alpha value is -1.85. The van der Waals surface area contributed by atoms with E-state index >= 15 is 0 Å². The minimum atomic E-state index is -0.0664. The minimum Gasteiger partial charge on any atom is -0.344 e. The molecule has 4 rings (SSSR count). The molecule has 0 radical (unpaired) electrons. The van der Waals surface area contributed by atoms with Crippen LogP contribution < -0.4 is 10.6 Å². The van der Waals surface area contributed by atoms with Gasteiger partial charge in [-0.2, -0.15) is 5.10 Å². The molecule has 1 saturated heterocycles. The van der Waals surface area contributed by atoms with Gasteiger partial charge >= 0.3 is 0 Å². The van der Waals surface area contributed by atoms with Crippen molar-refractivity contribution in [3.8, 4) is 0 Å². The van der Waals surface area contributed by atoms with Crippen molar-refractivity contribution in [1.29, 1.82) is 0 Å². The third-order valence-electron chi connectivity index (χ3n) is 5.55. The quantitative estimate of drug-likeness (QED) is 0.842. The van der Waals surface area contributed by atoms with Crippen LogP contribution >= 0.6 is 12.4 Å². The number of amides is 1. The van der Waals surface area contributed by atoms with Gasteiger partial charge in [-0.05, 0) is 49.8 Å². The van der Waals surface area contributed by atoms with Crippen LogP contribution in [-0.2, 0) is 0 Å². The van der Waals surface area contributed by atoms with Gasteiger partial charge in [-0.1, -0.05) is 36.8 Å². The van der Waals surface area contributed by atoms with E-state index in [0.717, 1.165) is 25.9 Å². The molecule has 1 saturated carbocycles. The van der Waals surface area contributed by atoms with Crippen LogP contribution in [0.2, 0.25) is 0 Å². The van der Waals surface area contributed by atoms with E-state index in [1.165, 1.54) is 24.8 Å². The number of benzene rings is 1. The second-order valence-corrected chi connectivity index (χ2v) is 7.23. The van der Waals surface area contributed by atoms with Crippen LogP contribution in [0.4, 0.5) is 0 Å². The molecule has 1 aliphatic heterocycles. The summed E-state index contributed by atoms with van der Waals surface area (Å²) < 4.78 is 1.95. The fourth-order valence-corrected chi connectivity index (χ4v) is 3.84. The zero-order valence-corrected chi connectivity index (χ0v) is 15.8. The number of aromatic nitrogens is 2. The summed E-state index contributed by atoms with van der Waals surface area (Å²) in [6.45, 7) is 2.00. The van der Waals surface area contributed by atoms with E-state index in [1.807, 2.05) is 35.1 Å². The van der Waals surface area contributed by atoms with E-state index in [-0.39, 0.29) is 24.4 Å². The van der Waals surface area contributed by atoms with Crippen LogP contribution in [0.25, 0.3) is 0 Å². The summed E-state index contributed by atoms with van der Waals surface area (Å²) in [6, 6.07) is 12.6. The van der Waals surface area contributed by atoms with Gasteiger partial charge in [0.1, 0.15) is 5.69 Å². The molecule has 1 aromatic heterocycles. The Bertz CT molecular complexity index is 708. The Morgan fingerprint density at radius 1 is 1.15 bits per heavy atom. The number of piperidine rings is 1. The molecule has 2 N–H and O–H groups in total. The molecule has 2 heterocycles. The molecule has 0 bridgehead atoms. The Morgan fingerprint density at radius 3 is 2.62 bits per heavy atom. The number of nitrogens with one attached hydrogen (secondary N) is 2. The highest BCUT2D eigenvalue weighted by molar-refractivity contribution is 5.92. The highest BCUT2D eigenvalue weighted by Gasteiger charge is 2.30. The van der Waals surface area contributed by atoms with E-state index in [0.29, 0.717) is 17.7 Å². The lowest BCUT2D eigenvalue weighted by atomic mass is 9.77. The van der Waals surface area contributed by atoms with Crippen LogP contribution in [0.15, 0.2) is 42.6 Å². The van der Waals surface area contributed by atoms with E-state index in [2.05, 4.69) is 27.9 Å². The van der Waals surface area contributed by atoms with Gasteiger partial charge in [0, 0.05) is 12.7 Å². The molecule has 1 aliphatic carbocycles. The molecule has 2 unspecified atom stereocenters. The lowest BCUT2D eigenvalue weighted by Gasteiger charge is -2.34. The summed E-state index contributed by atoms with van der Waals surface area (Å²) >= 11 is 0. The monoisotopic (exact) mass is 374 g/mol. The van der Waals surface area contributed by atoms with E-state index in [1.54, 1.807) is 0 Å². The highest BCUT2D eigenvalue weighted by Crippen LogP contribution is 2.37. The molecule has 2 fully saturated rings. The van der Waals surface area contributed by atoms with Crippen molar-refractivity contribution in [1.82, 2.24) is 20.4 Å². The maximum Gasteiger partial charge on any atom is 0.272 e. The Labute approximate surface area is 161 Å². The van der Waals surface area contributed by atoms with Crippen molar-refractivity contribution in [3.63, 3.8) is 0 Å². The van der Waals surface area contributed by atoms with Crippen molar-refractivity contribution in [3.05, 3.63) is 53.9 Å².